The average molecular weight is 466 g/mol. The smallest absolute Gasteiger partial charge is 0.255 e. The minimum Gasteiger partial charge on any atom is -0.497 e. The minimum absolute atomic E-state index is 0.117. The molecule has 3 amide bonds. The van der Waals surface area contributed by atoms with E-state index in [9.17, 15) is 14.4 Å². The maximum atomic E-state index is 13.8. The fraction of sp³-hybridized carbons (Fsp3) is 0.423. The zero-order valence-electron chi connectivity index (χ0n) is 19.8. The summed E-state index contributed by atoms with van der Waals surface area (Å²) in [4.78, 5) is 41.5. The fourth-order valence-electron chi connectivity index (χ4n) is 4.92. The van der Waals surface area contributed by atoms with E-state index in [1.54, 1.807) is 29.2 Å². The highest BCUT2D eigenvalue weighted by Gasteiger charge is 2.46. The molecule has 2 aromatic rings. The zero-order chi connectivity index (χ0) is 24.2. The first kappa shape index (κ1) is 23.6. The van der Waals surface area contributed by atoms with Crippen LogP contribution in [0.15, 0.2) is 42.5 Å². The first-order valence-electron chi connectivity index (χ1n) is 11.6. The number of methoxy groups -OCH3 is 2. The van der Waals surface area contributed by atoms with Gasteiger partial charge in [-0.15, -0.1) is 0 Å². The first-order chi connectivity index (χ1) is 16.4. The summed E-state index contributed by atoms with van der Waals surface area (Å²) in [6, 6.07) is 11.2. The van der Waals surface area contributed by atoms with E-state index in [1.807, 2.05) is 25.1 Å². The van der Waals surface area contributed by atoms with Crippen LogP contribution in [0.2, 0.25) is 0 Å². The number of fused-ring (bicyclic) bond motifs is 1. The van der Waals surface area contributed by atoms with Crippen molar-refractivity contribution >= 4 is 23.4 Å². The summed E-state index contributed by atoms with van der Waals surface area (Å²) in [5.74, 6) is 0.0419. The highest BCUT2D eigenvalue weighted by Crippen LogP contribution is 2.32. The van der Waals surface area contributed by atoms with Gasteiger partial charge in [-0.3, -0.25) is 14.4 Å². The van der Waals surface area contributed by atoms with Gasteiger partial charge < -0.3 is 25.0 Å². The highest BCUT2D eigenvalue weighted by atomic mass is 16.5. The van der Waals surface area contributed by atoms with Crippen molar-refractivity contribution in [3.63, 3.8) is 0 Å². The topological polar surface area (TPSA) is 97.0 Å². The van der Waals surface area contributed by atoms with Gasteiger partial charge in [-0.1, -0.05) is 25.0 Å². The first-order valence-corrected chi connectivity index (χ1v) is 11.6. The molecule has 2 aromatic carbocycles. The van der Waals surface area contributed by atoms with Crippen LogP contribution in [0.3, 0.4) is 0 Å². The molecule has 180 valence electrons. The lowest BCUT2D eigenvalue weighted by molar-refractivity contribution is -0.135. The summed E-state index contributed by atoms with van der Waals surface area (Å²) >= 11 is 0. The van der Waals surface area contributed by atoms with Crippen LogP contribution in [0.4, 0.5) is 5.69 Å². The molecular weight excluding hydrogens is 434 g/mol. The number of hydrogen-bond donors (Lipinski definition) is 2. The van der Waals surface area contributed by atoms with Crippen LogP contribution in [0.5, 0.6) is 11.5 Å². The molecule has 2 fully saturated rings. The van der Waals surface area contributed by atoms with Crippen molar-refractivity contribution < 1.29 is 23.9 Å². The van der Waals surface area contributed by atoms with Crippen LogP contribution in [-0.2, 0) is 9.59 Å². The molecule has 1 saturated carbocycles. The number of carbonyl (C=O) groups excluding carboxylic acids is 3. The number of benzene rings is 2. The Balaban J connectivity index is 1.64. The summed E-state index contributed by atoms with van der Waals surface area (Å²) < 4.78 is 10.7. The maximum Gasteiger partial charge on any atom is 0.255 e. The summed E-state index contributed by atoms with van der Waals surface area (Å²) in [5.41, 5.74) is 2.04. The number of anilines is 1. The van der Waals surface area contributed by atoms with Gasteiger partial charge in [-0.2, -0.15) is 0 Å². The van der Waals surface area contributed by atoms with Crippen molar-refractivity contribution in [3.05, 3.63) is 53.6 Å². The predicted molar refractivity (Wildman–Crippen MR) is 128 cm³/mol. The molecule has 0 radical (unpaired) electrons. The second kappa shape index (κ2) is 10.2. The Kier molecular flexibility index (Phi) is 7.05. The summed E-state index contributed by atoms with van der Waals surface area (Å²) in [7, 11) is 3.04. The van der Waals surface area contributed by atoms with Gasteiger partial charge in [0.25, 0.3) is 5.91 Å². The molecule has 1 aliphatic heterocycles. The number of hydrogen-bond acceptors (Lipinski definition) is 5. The van der Waals surface area contributed by atoms with Crippen LogP contribution in [-0.4, -0.2) is 55.0 Å². The van der Waals surface area contributed by atoms with Crippen molar-refractivity contribution in [2.75, 3.05) is 19.5 Å². The molecule has 8 nitrogen and oxygen atoms in total. The Morgan fingerprint density at radius 2 is 1.76 bits per heavy atom. The van der Waals surface area contributed by atoms with E-state index in [4.69, 9.17) is 9.47 Å². The van der Waals surface area contributed by atoms with Gasteiger partial charge in [0.1, 0.15) is 17.5 Å². The Bertz CT molecular complexity index is 1060. The van der Waals surface area contributed by atoms with E-state index in [0.29, 0.717) is 22.7 Å². The minimum atomic E-state index is -0.908. The molecule has 1 aliphatic carbocycles. The lowest BCUT2D eigenvalue weighted by atomic mass is 9.84. The van der Waals surface area contributed by atoms with E-state index in [0.717, 1.165) is 31.2 Å². The third-order valence-electron chi connectivity index (χ3n) is 6.57. The van der Waals surface area contributed by atoms with Crippen LogP contribution < -0.4 is 20.1 Å². The van der Waals surface area contributed by atoms with Gasteiger partial charge in [0.05, 0.1) is 26.7 Å². The summed E-state index contributed by atoms with van der Waals surface area (Å²) in [6.07, 6.45) is 3.41. The standard InChI is InChI=1S/C26H31N3O5/c1-16-7-6-8-18(11-16)27-24(30)15-23-25(31)28-21-9-4-5-10-22(21)29(23)26(32)17-12-19(33-2)14-20(13-17)34-3/h6-8,11-14,21-23H,4-5,9-10,15H2,1-3H3,(H,27,30)(H,28,31)/t21-,22-,23-/m1/s1. The molecule has 2 N–H and O–H groups in total. The lowest BCUT2D eigenvalue weighted by Crippen LogP contribution is -2.68. The van der Waals surface area contributed by atoms with Crippen molar-refractivity contribution in [2.45, 2.75) is 57.2 Å². The monoisotopic (exact) mass is 465 g/mol. The molecule has 8 heteroatoms. The quantitative estimate of drug-likeness (QED) is 0.682. The van der Waals surface area contributed by atoms with Crippen molar-refractivity contribution in [1.82, 2.24) is 10.2 Å². The molecule has 1 heterocycles. The Morgan fingerprint density at radius 1 is 1.06 bits per heavy atom. The molecule has 0 spiro atoms. The van der Waals surface area contributed by atoms with E-state index in [-0.39, 0.29) is 36.2 Å². The number of piperazine rings is 1. The number of nitrogens with zero attached hydrogens (tertiary/aromatic N) is 1. The summed E-state index contributed by atoms with van der Waals surface area (Å²) in [5, 5.41) is 5.93. The van der Waals surface area contributed by atoms with E-state index in [2.05, 4.69) is 10.6 Å². The van der Waals surface area contributed by atoms with Gasteiger partial charge in [0.15, 0.2) is 0 Å². The van der Waals surface area contributed by atoms with E-state index < -0.39 is 6.04 Å². The molecule has 0 unspecified atom stereocenters. The number of amides is 3. The maximum absolute atomic E-state index is 13.8. The largest absolute Gasteiger partial charge is 0.497 e. The molecule has 1 saturated heterocycles. The molecule has 4 rings (SSSR count). The van der Waals surface area contributed by atoms with Gasteiger partial charge in [-0.05, 0) is 49.6 Å². The van der Waals surface area contributed by atoms with E-state index >= 15 is 0 Å². The number of rotatable bonds is 6. The Labute approximate surface area is 199 Å². The molecule has 3 atom stereocenters. The van der Waals surface area contributed by atoms with Gasteiger partial charge in [0, 0.05) is 23.4 Å². The second-order valence-corrected chi connectivity index (χ2v) is 8.92. The molecular formula is C26H31N3O5. The fourth-order valence-corrected chi connectivity index (χ4v) is 4.92. The predicted octanol–water partition coefficient (Wildman–Crippen LogP) is 3.29. The van der Waals surface area contributed by atoms with Gasteiger partial charge in [0.2, 0.25) is 11.8 Å². The zero-order valence-corrected chi connectivity index (χ0v) is 19.8. The number of nitrogens with one attached hydrogen (secondary N) is 2. The van der Waals surface area contributed by atoms with Gasteiger partial charge >= 0.3 is 0 Å². The SMILES string of the molecule is COc1cc(OC)cc(C(=O)N2[C@H](CC(=O)Nc3cccc(C)c3)C(=O)N[C@@H]3CCCC[C@H]32)c1. The van der Waals surface area contributed by atoms with Crippen LogP contribution in [0.25, 0.3) is 0 Å². The lowest BCUT2D eigenvalue weighted by Gasteiger charge is -2.48. The molecule has 0 bridgehead atoms. The van der Waals surface area contributed by atoms with Crippen molar-refractivity contribution in [1.29, 1.82) is 0 Å². The van der Waals surface area contributed by atoms with Crippen molar-refractivity contribution in [3.8, 4) is 11.5 Å². The average Bonchev–Trinajstić information content (AvgIpc) is 2.83. The number of aryl methyl sites for hydroxylation is 1. The van der Waals surface area contributed by atoms with Gasteiger partial charge in [-0.25, -0.2) is 0 Å². The molecule has 0 aromatic heterocycles. The van der Waals surface area contributed by atoms with Crippen LogP contribution >= 0.6 is 0 Å². The van der Waals surface area contributed by atoms with Crippen LogP contribution in [0.1, 0.15) is 48.0 Å². The molecule has 2 aliphatic rings. The van der Waals surface area contributed by atoms with Crippen LogP contribution in [0, 0.1) is 6.92 Å². The Hall–Kier alpha value is -3.55. The summed E-state index contributed by atoms with van der Waals surface area (Å²) in [6.45, 7) is 1.94. The Morgan fingerprint density at radius 3 is 2.44 bits per heavy atom. The third kappa shape index (κ3) is 5.00. The van der Waals surface area contributed by atoms with E-state index in [1.165, 1.54) is 14.2 Å². The molecule has 34 heavy (non-hydrogen) atoms. The highest BCUT2D eigenvalue weighted by molar-refractivity contribution is 6.02. The van der Waals surface area contributed by atoms with Crippen molar-refractivity contribution in [2.24, 2.45) is 0 Å². The second-order valence-electron chi connectivity index (χ2n) is 8.92. The normalized spacial score (nSPS) is 21.8. The number of ether oxygens (including phenoxy) is 2. The number of carbonyl (C=O) groups is 3. The third-order valence-corrected chi connectivity index (χ3v) is 6.57.